The van der Waals surface area contributed by atoms with Crippen molar-refractivity contribution in [3.05, 3.63) is 76.0 Å². The van der Waals surface area contributed by atoms with Crippen LogP contribution in [0.2, 0.25) is 0 Å². The topological polar surface area (TPSA) is 58.2 Å². The van der Waals surface area contributed by atoms with E-state index in [1.807, 2.05) is 42.6 Å². The number of thiophene rings is 1. The van der Waals surface area contributed by atoms with Crippen LogP contribution in [0.15, 0.2) is 60.0 Å². The molecule has 0 bridgehead atoms. The maximum atomic E-state index is 12.7. The lowest BCUT2D eigenvalue weighted by Crippen LogP contribution is -2.33. The summed E-state index contributed by atoms with van der Waals surface area (Å²) < 4.78 is 36.6. The molecule has 2 amide bonds. The second-order valence-corrected chi connectivity index (χ2v) is 7.27. The van der Waals surface area contributed by atoms with Gasteiger partial charge in [-0.05, 0) is 48.2 Å². The lowest BCUT2D eigenvalue weighted by molar-refractivity contribution is -0.123. The van der Waals surface area contributed by atoms with Gasteiger partial charge in [0, 0.05) is 16.8 Å². The van der Waals surface area contributed by atoms with Gasteiger partial charge in [-0.25, -0.2) is 0 Å². The van der Waals surface area contributed by atoms with E-state index in [4.69, 9.17) is 0 Å². The van der Waals surface area contributed by atoms with Crippen LogP contribution in [0.4, 0.5) is 18.9 Å². The number of hydrogen-bond donors (Lipinski definition) is 2. The maximum absolute atomic E-state index is 12.7. The van der Waals surface area contributed by atoms with Crippen LogP contribution in [0, 0.1) is 6.92 Å². The summed E-state index contributed by atoms with van der Waals surface area (Å²) in [7, 11) is 0. The van der Waals surface area contributed by atoms with E-state index >= 15 is 0 Å². The largest absolute Gasteiger partial charge is 0.405 e. The van der Waals surface area contributed by atoms with Gasteiger partial charge in [-0.3, -0.25) is 9.59 Å². The van der Waals surface area contributed by atoms with Gasteiger partial charge in [0.05, 0.1) is 4.88 Å². The van der Waals surface area contributed by atoms with E-state index in [2.05, 4.69) is 5.32 Å². The van der Waals surface area contributed by atoms with Gasteiger partial charge in [0.1, 0.15) is 6.54 Å². The van der Waals surface area contributed by atoms with Crippen molar-refractivity contribution in [2.24, 2.45) is 0 Å². The number of anilines is 1. The molecule has 0 unspecified atom stereocenters. The zero-order chi connectivity index (χ0) is 21.0. The number of aryl methyl sites for hydroxylation is 1. The minimum absolute atomic E-state index is 0.0729. The predicted molar refractivity (Wildman–Crippen MR) is 107 cm³/mol. The lowest BCUT2D eigenvalue weighted by atomic mass is 10.0. The van der Waals surface area contributed by atoms with Crippen LogP contribution in [0.25, 0.3) is 11.1 Å². The fourth-order valence-corrected chi connectivity index (χ4v) is 3.43. The van der Waals surface area contributed by atoms with E-state index in [0.29, 0.717) is 10.6 Å². The third-order valence-corrected chi connectivity index (χ3v) is 5.00. The van der Waals surface area contributed by atoms with E-state index in [0.717, 1.165) is 16.7 Å². The summed E-state index contributed by atoms with van der Waals surface area (Å²) in [6.45, 7) is 0.586. The zero-order valence-corrected chi connectivity index (χ0v) is 16.2. The highest BCUT2D eigenvalue weighted by Gasteiger charge is 2.27. The van der Waals surface area contributed by atoms with Gasteiger partial charge in [0.15, 0.2) is 0 Å². The first-order valence-corrected chi connectivity index (χ1v) is 9.52. The molecule has 1 aromatic heterocycles. The molecule has 3 rings (SSSR count). The van der Waals surface area contributed by atoms with Crippen molar-refractivity contribution in [1.29, 1.82) is 0 Å². The molecule has 0 radical (unpaired) electrons. The molecule has 2 aromatic carbocycles. The van der Waals surface area contributed by atoms with Crippen LogP contribution in [-0.2, 0) is 0 Å². The molecule has 0 spiro atoms. The number of rotatable bonds is 5. The average molecular weight is 418 g/mol. The van der Waals surface area contributed by atoms with Crippen molar-refractivity contribution in [3.8, 4) is 11.1 Å². The summed E-state index contributed by atoms with van der Waals surface area (Å²) >= 11 is 1.31. The SMILES string of the molecule is Cc1ccc(-c2ccsc2C(=O)Nc2ccc(C(=O)NCC(F)(F)F)cc2)cc1. The fourth-order valence-electron chi connectivity index (χ4n) is 2.62. The molecule has 2 N–H and O–H groups in total. The Kier molecular flexibility index (Phi) is 6.03. The highest BCUT2D eigenvalue weighted by molar-refractivity contribution is 7.12. The van der Waals surface area contributed by atoms with Crippen molar-refractivity contribution in [2.75, 3.05) is 11.9 Å². The molecule has 0 aliphatic heterocycles. The molecule has 1 heterocycles. The first-order valence-electron chi connectivity index (χ1n) is 8.64. The molecule has 4 nitrogen and oxygen atoms in total. The van der Waals surface area contributed by atoms with E-state index in [9.17, 15) is 22.8 Å². The summed E-state index contributed by atoms with van der Waals surface area (Å²) in [6, 6.07) is 15.4. The Morgan fingerprint density at radius 1 is 0.931 bits per heavy atom. The quantitative estimate of drug-likeness (QED) is 0.593. The summed E-state index contributed by atoms with van der Waals surface area (Å²) in [4.78, 5) is 24.9. The summed E-state index contributed by atoms with van der Waals surface area (Å²) in [5, 5.41) is 6.38. The number of carbonyl (C=O) groups is 2. The molecular weight excluding hydrogens is 401 g/mol. The first kappa shape index (κ1) is 20.6. The second kappa shape index (κ2) is 8.48. The highest BCUT2D eigenvalue weighted by atomic mass is 32.1. The van der Waals surface area contributed by atoms with E-state index in [-0.39, 0.29) is 11.5 Å². The van der Waals surface area contributed by atoms with Crippen LogP contribution in [-0.4, -0.2) is 24.5 Å². The highest BCUT2D eigenvalue weighted by Crippen LogP contribution is 2.29. The maximum Gasteiger partial charge on any atom is 0.405 e. The van der Waals surface area contributed by atoms with Crippen molar-refractivity contribution in [1.82, 2.24) is 5.32 Å². The molecule has 0 aliphatic carbocycles. The summed E-state index contributed by atoms with van der Waals surface area (Å²) in [6.07, 6.45) is -4.47. The normalized spacial score (nSPS) is 11.2. The van der Waals surface area contributed by atoms with Crippen molar-refractivity contribution in [3.63, 3.8) is 0 Å². The Hall–Kier alpha value is -3.13. The van der Waals surface area contributed by atoms with Gasteiger partial charge in [0.25, 0.3) is 11.8 Å². The third kappa shape index (κ3) is 5.45. The van der Waals surface area contributed by atoms with Gasteiger partial charge >= 0.3 is 6.18 Å². The number of nitrogens with one attached hydrogen (secondary N) is 2. The summed E-state index contributed by atoms with van der Waals surface area (Å²) in [5.41, 5.74) is 3.37. The number of benzene rings is 2. The minimum atomic E-state index is -4.47. The second-order valence-electron chi connectivity index (χ2n) is 6.36. The van der Waals surface area contributed by atoms with Crippen LogP contribution >= 0.6 is 11.3 Å². The lowest BCUT2D eigenvalue weighted by Gasteiger charge is -2.09. The van der Waals surface area contributed by atoms with E-state index < -0.39 is 18.6 Å². The monoisotopic (exact) mass is 418 g/mol. The molecule has 0 fully saturated rings. The van der Waals surface area contributed by atoms with Gasteiger partial charge in [0.2, 0.25) is 0 Å². The van der Waals surface area contributed by atoms with Crippen molar-refractivity contribution < 1.29 is 22.8 Å². The zero-order valence-electron chi connectivity index (χ0n) is 15.3. The fraction of sp³-hybridized carbons (Fsp3) is 0.143. The van der Waals surface area contributed by atoms with E-state index in [1.165, 1.54) is 35.6 Å². The van der Waals surface area contributed by atoms with Gasteiger partial charge < -0.3 is 10.6 Å². The number of alkyl halides is 3. The van der Waals surface area contributed by atoms with Gasteiger partial charge in [-0.15, -0.1) is 11.3 Å². The Morgan fingerprint density at radius 3 is 2.21 bits per heavy atom. The Labute approximate surface area is 169 Å². The van der Waals surface area contributed by atoms with Crippen LogP contribution in [0.3, 0.4) is 0 Å². The predicted octanol–water partition coefficient (Wildman–Crippen LogP) is 5.27. The molecule has 0 saturated heterocycles. The Bertz CT molecular complexity index is 1010. The summed E-state index contributed by atoms with van der Waals surface area (Å²) in [5.74, 6) is -1.13. The Morgan fingerprint density at radius 2 is 1.59 bits per heavy atom. The molecule has 150 valence electrons. The molecule has 0 saturated carbocycles. The third-order valence-electron chi connectivity index (χ3n) is 4.09. The Balaban J connectivity index is 1.68. The van der Waals surface area contributed by atoms with E-state index in [1.54, 1.807) is 5.32 Å². The van der Waals surface area contributed by atoms with Gasteiger partial charge in [-0.2, -0.15) is 13.2 Å². The number of amides is 2. The smallest absolute Gasteiger partial charge is 0.343 e. The van der Waals surface area contributed by atoms with Crippen molar-refractivity contribution in [2.45, 2.75) is 13.1 Å². The number of carbonyl (C=O) groups excluding carboxylic acids is 2. The molecular formula is C21H17F3N2O2S. The molecule has 0 aliphatic rings. The van der Waals surface area contributed by atoms with Gasteiger partial charge in [-0.1, -0.05) is 29.8 Å². The van der Waals surface area contributed by atoms with Crippen molar-refractivity contribution >= 4 is 28.8 Å². The minimum Gasteiger partial charge on any atom is -0.343 e. The number of halogens is 3. The first-order chi connectivity index (χ1) is 13.7. The van der Waals surface area contributed by atoms with Crippen LogP contribution in [0.5, 0.6) is 0 Å². The molecule has 0 atom stereocenters. The number of hydrogen-bond acceptors (Lipinski definition) is 3. The molecule has 29 heavy (non-hydrogen) atoms. The van der Waals surface area contributed by atoms with Crippen LogP contribution in [0.1, 0.15) is 25.6 Å². The molecule has 3 aromatic rings. The average Bonchev–Trinajstić information content (AvgIpc) is 3.17. The standard InChI is InChI=1S/C21H17F3N2O2S/c1-13-2-4-14(5-3-13)17-10-11-29-18(17)20(28)26-16-8-6-15(7-9-16)19(27)25-12-21(22,23)24/h2-11H,12H2,1H3,(H,25,27)(H,26,28). The molecule has 8 heteroatoms. The van der Waals surface area contributed by atoms with Crippen LogP contribution < -0.4 is 10.6 Å².